The van der Waals surface area contributed by atoms with Crippen LogP contribution in [0.15, 0.2) is 95.5 Å². The van der Waals surface area contributed by atoms with E-state index in [0.717, 1.165) is 5.56 Å². The fraction of sp³-hybridized carbons (Fsp3) is 0. The van der Waals surface area contributed by atoms with Crippen molar-refractivity contribution in [3.63, 3.8) is 0 Å². The van der Waals surface area contributed by atoms with E-state index in [0.29, 0.717) is 16.7 Å². The van der Waals surface area contributed by atoms with Gasteiger partial charge in [-0.25, -0.2) is 9.59 Å². The van der Waals surface area contributed by atoms with Crippen molar-refractivity contribution < 1.29 is 19.3 Å². The number of rotatable bonds is 5. The van der Waals surface area contributed by atoms with E-state index in [4.69, 9.17) is 4.84 Å². The molecular formula is C20H14N2O4. The third kappa shape index (κ3) is 4.18. The minimum atomic E-state index is -0.705. The molecule has 0 aliphatic carbocycles. The van der Waals surface area contributed by atoms with Gasteiger partial charge in [-0.15, -0.1) is 0 Å². The lowest BCUT2D eigenvalue weighted by atomic mass is 10.00. The highest BCUT2D eigenvalue weighted by Crippen LogP contribution is 2.24. The van der Waals surface area contributed by atoms with Crippen LogP contribution in [0.2, 0.25) is 0 Å². The van der Waals surface area contributed by atoms with Gasteiger partial charge < -0.3 is 0 Å². The largest absolute Gasteiger partial charge is 0.368 e. The Labute approximate surface area is 149 Å². The summed E-state index contributed by atoms with van der Waals surface area (Å²) in [5.74, 6) is -1.40. The van der Waals surface area contributed by atoms with Gasteiger partial charge in [-0.2, -0.15) is 0 Å². The molecule has 0 saturated carbocycles. The van der Waals surface area contributed by atoms with Gasteiger partial charge in [-0.05, 0) is 29.3 Å². The van der Waals surface area contributed by atoms with Crippen LogP contribution < -0.4 is 0 Å². The molecule has 0 aliphatic heterocycles. The molecule has 128 valence electrons. The third-order valence-corrected chi connectivity index (χ3v) is 3.52. The zero-order valence-corrected chi connectivity index (χ0v) is 13.6. The Hall–Kier alpha value is -3.80. The number of hydrogen-bond acceptors (Lipinski definition) is 6. The Kier molecular flexibility index (Phi) is 5.47. The van der Waals surface area contributed by atoms with Crippen LogP contribution in [0.25, 0.3) is 11.1 Å². The summed E-state index contributed by atoms with van der Waals surface area (Å²) in [7, 11) is 0. The molecule has 0 fully saturated rings. The summed E-state index contributed by atoms with van der Waals surface area (Å²) in [6, 6.07) is 24.7. The molecule has 6 nitrogen and oxygen atoms in total. The lowest BCUT2D eigenvalue weighted by Gasteiger charge is -2.06. The van der Waals surface area contributed by atoms with Crippen LogP contribution in [0.3, 0.4) is 0 Å². The molecule has 26 heavy (non-hydrogen) atoms. The summed E-state index contributed by atoms with van der Waals surface area (Å²) in [4.78, 5) is 33.2. The molecule has 3 rings (SSSR count). The molecule has 0 bridgehead atoms. The van der Waals surface area contributed by atoms with Gasteiger partial charge in [0.1, 0.15) is 0 Å². The second-order valence-electron chi connectivity index (χ2n) is 5.20. The molecule has 0 spiro atoms. The number of carbonyl (C=O) groups excluding carboxylic acids is 2. The number of hydrogen-bond donors (Lipinski definition) is 0. The third-order valence-electron chi connectivity index (χ3n) is 3.52. The van der Waals surface area contributed by atoms with Crippen molar-refractivity contribution >= 4 is 11.9 Å². The Balaban J connectivity index is 1.65. The maximum absolute atomic E-state index is 12.2. The summed E-state index contributed by atoms with van der Waals surface area (Å²) < 4.78 is 0. The van der Waals surface area contributed by atoms with Crippen LogP contribution in [0.1, 0.15) is 20.7 Å². The van der Waals surface area contributed by atoms with E-state index in [-0.39, 0.29) is 0 Å². The molecule has 0 radical (unpaired) electrons. The first-order chi connectivity index (χ1) is 12.8. The first-order valence-electron chi connectivity index (χ1n) is 7.78. The second kappa shape index (κ2) is 8.34. The predicted molar refractivity (Wildman–Crippen MR) is 94.0 cm³/mol. The summed E-state index contributed by atoms with van der Waals surface area (Å²) in [6.45, 7) is 0. The van der Waals surface area contributed by atoms with E-state index < -0.39 is 11.9 Å². The van der Waals surface area contributed by atoms with Crippen molar-refractivity contribution in [3.05, 3.63) is 96.1 Å². The zero-order chi connectivity index (χ0) is 18.2. The maximum Gasteiger partial charge on any atom is 0.368 e. The molecule has 0 aromatic heterocycles. The Morgan fingerprint density at radius 3 is 1.85 bits per heavy atom. The quantitative estimate of drug-likeness (QED) is 0.498. The van der Waals surface area contributed by atoms with Gasteiger partial charge in [0, 0.05) is 0 Å². The monoisotopic (exact) mass is 346 g/mol. The van der Waals surface area contributed by atoms with Crippen LogP contribution >= 0.6 is 0 Å². The van der Waals surface area contributed by atoms with E-state index in [9.17, 15) is 9.59 Å². The average Bonchev–Trinajstić information content (AvgIpc) is 2.72. The number of nitrogens with zero attached hydrogens (tertiary/aromatic N) is 2. The molecule has 6 heteroatoms. The Bertz CT molecular complexity index is 925. The first-order valence-corrected chi connectivity index (χ1v) is 7.78. The second-order valence-corrected chi connectivity index (χ2v) is 5.20. The molecule has 3 aromatic carbocycles. The highest BCUT2D eigenvalue weighted by atomic mass is 16.8. The van der Waals surface area contributed by atoms with Crippen molar-refractivity contribution in [1.29, 1.82) is 0 Å². The topological polar surface area (TPSA) is 77.3 Å². The van der Waals surface area contributed by atoms with E-state index >= 15 is 0 Å². The van der Waals surface area contributed by atoms with Gasteiger partial charge in [0.15, 0.2) is 0 Å². The molecule has 0 amide bonds. The van der Waals surface area contributed by atoms with Crippen molar-refractivity contribution in [1.82, 2.24) is 0 Å². The Morgan fingerprint density at radius 2 is 1.15 bits per heavy atom. The molecule has 0 unspecified atom stereocenters. The molecular weight excluding hydrogens is 332 g/mol. The van der Waals surface area contributed by atoms with Gasteiger partial charge in [-0.3, -0.25) is 9.68 Å². The van der Waals surface area contributed by atoms with Crippen LogP contribution in [0.4, 0.5) is 0 Å². The number of carbonyl (C=O) groups is 2. The van der Waals surface area contributed by atoms with Crippen molar-refractivity contribution in [2.24, 2.45) is 10.6 Å². The van der Waals surface area contributed by atoms with Gasteiger partial charge in [0.2, 0.25) is 0 Å². The van der Waals surface area contributed by atoms with Crippen LogP contribution in [-0.4, -0.2) is 11.9 Å². The predicted octanol–water partition coefficient (Wildman–Crippen LogP) is 4.65. The lowest BCUT2D eigenvalue weighted by Crippen LogP contribution is -2.03. The van der Waals surface area contributed by atoms with Gasteiger partial charge in [-0.1, -0.05) is 66.7 Å². The lowest BCUT2D eigenvalue weighted by molar-refractivity contribution is 0.0242. The van der Waals surface area contributed by atoms with E-state index in [1.165, 1.54) is 0 Å². The number of benzene rings is 3. The summed E-state index contributed by atoms with van der Waals surface area (Å²) in [5, 5.41) is 6.33. The average molecular weight is 346 g/mol. The molecule has 0 N–H and O–H groups in total. The zero-order valence-electron chi connectivity index (χ0n) is 13.6. The van der Waals surface area contributed by atoms with E-state index in [1.54, 1.807) is 48.5 Å². The minimum absolute atomic E-state index is 0.312. The van der Waals surface area contributed by atoms with Gasteiger partial charge >= 0.3 is 11.9 Å². The fourth-order valence-electron chi connectivity index (χ4n) is 2.31. The summed E-state index contributed by atoms with van der Waals surface area (Å²) in [5.41, 5.74) is 2.21. The van der Waals surface area contributed by atoms with Crippen LogP contribution in [-0.2, 0) is 9.68 Å². The van der Waals surface area contributed by atoms with Gasteiger partial charge in [0.05, 0.1) is 21.7 Å². The molecule has 0 heterocycles. The van der Waals surface area contributed by atoms with Crippen molar-refractivity contribution in [3.8, 4) is 11.1 Å². The summed E-state index contributed by atoms with van der Waals surface area (Å²) in [6.07, 6.45) is 0. The highest BCUT2D eigenvalue weighted by molar-refractivity contribution is 5.97. The molecule has 0 aliphatic rings. The summed E-state index contributed by atoms with van der Waals surface area (Å²) >= 11 is 0. The normalized spacial score (nSPS) is 10.5. The molecule has 3 aromatic rings. The van der Waals surface area contributed by atoms with Crippen molar-refractivity contribution in [2.45, 2.75) is 0 Å². The highest BCUT2D eigenvalue weighted by Gasteiger charge is 2.14. The minimum Gasteiger partial charge on any atom is -0.292 e. The van der Waals surface area contributed by atoms with E-state index in [1.807, 2.05) is 36.4 Å². The smallest absolute Gasteiger partial charge is 0.292 e. The SMILES string of the molecule is O=C(ON=NOC(=O)c1ccccc1-c1ccccc1)c1ccccc1. The molecule has 0 atom stereocenters. The molecule has 0 saturated heterocycles. The van der Waals surface area contributed by atoms with Crippen LogP contribution in [0.5, 0.6) is 0 Å². The van der Waals surface area contributed by atoms with Crippen molar-refractivity contribution in [2.75, 3.05) is 0 Å². The first kappa shape index (κ1) is 17.0. The fourth-order valence-corrected chi connectivity index (χ4v) is 2.31. The Morgan fingerprint density at radius 1 is 0.615 bits per heavy atom. The van der Waals surface area contributed by atoms with Gasteiger partial charge in [0.25, 0.3) is 0 Å². The maximum atomic E-state index is 12.2. The van der Waals surface area contributed by atoms with Crippen LogP contribution in [0, 0.1) is 0 Å². The standard InChI is InChI=1S/C20H14N2O4/c23-19(16-11-5-2-6-12-16)25-21-22-26-20(24)18-14-8-7-13-17(18)15-9-3-1-4-10-15/h1-14H. The van der Waals surface area contributed by atoms with E-state index in [2.05, 4.69) is 15.4 Å².